The number of carbonyl (C=O) groups is 1. The van der Waals surface area contributed by atoms with Crippen LogP contribution in [0.2, 0.25) is 0 Å². The largest absolute Gasteiger partial charge is 0.492 e. The number of ether oxygens (including phenoxy) is 2. The molecule has 2 N–H and O–H groups in total. The summed E-state index contributed by atoms with van der Waals surface area (Å²) in [5, 5.41) is 5.90. The molecule has 5 nitrogen and oxygen atoms in total. The van der Waals surface area contributed by atoms with Crippen LogP contribution in [0.25, 0.3) is 0 Å². The highest BCUT2D eigenvalue weighted by atomic mass is 19.1. The Kier molecular flexibility index (Phi) is 5.31. The summed E-state index contributed by atoms with van der Waals surface area (Å²) in [6.07, 6.45) is -0.137. The molecule has 2 atom stereocenters. The summed E-state index contributed by atoms with van der Waals surface area (Å²) < 4.78 is 23.5. The molecule has 0 aromatic heterocycles. The molecule has 6 heteroatoms. The number of nitrogens with one attached hydrogen (secondary N) is 2. The van der Waals surface area contributed by atoms with Gasteiger partial charge in [-0.25, -0.2) is 4.39 Å². The third kappa shape index (κ3) is 4.18. The standard InChI is InChI=1S/C14H19FN2O3/c1-10-13(16-6-8-19-10)14(18)17-7-9-20-12-4-2-11(15)3-5-12/h2-5,10,13,16H,6-9H2,1H3,(H,17,18)/t10-,13+/m1/s1. The molecular weight excluding hydrogens is 263 g/mol. The van der Waals surface area contributed by atoms with E-state index in [1.54, 1.807) is 12.1 Å². The number of benzene rings is 1. The smallest absolute Gasteiger partial charge is 0.239 e. The van der Waals surface area contributed by atoms with Crippen LogP contribution in [0.4, 0.5) is 4.39 Å². The maximum absolute atomic E-state index is 12.7. The van der Waals surface area contributed by atoms with E-state index in [4.69, 9.17) is 9.47 Å². The van der Waals surface area contributed by atoms with Crippen LogP contribution in [0.1, 0.15) is 6.92 Å². The molecule has 0 aliphatic carbocycles. The van der Waals surface area contributed by atoms with E-state index in [0.717, 1.165) is 0 Å². The van der Waals surface area contributed by atoms with Crippen molar-refractivity contribution in [2.75, 3.05) is 26.3 Å². The highest BCUT2D eigenvalue weighted by Gasteiger charge is 2.27. The summed E-state index contributed by atoms with van der Waals surface area (Å²) >= 11 is 0. The highest BCUT2D eigenvalue weighted by Crippen LogP contribution is 2.10. The van der Waals surface area contributed by atoms with Crippen molar-refractivity contribution < 1.29 is 18.7 Å². The van der Waals surface area contributed by atoms with Gasteiger partial charge in [-0.2, -0.15) is 0 Å². The number of hydrogen-bond donors (Lipinski definition) is 2. The fourth-order valence-electron chi connectivity index (χ4n) is 2.01. The summed E-state index contributed by atoms with van der Waals surface area (Å²) in [6, 6.07) is 5.44. The van der Waals surface area contributed by atoms with E-state index in [2.05, 4.69) is 10.6 Å². The molecule has 2 rings (SSSR count). The molecule has 1 heterocycles. The topological polar surface area (TPSA) is 59.6 Å². The lowest BCUT2D eigenvalue weighted by Crippen LogP contribution is -2.55. The Bertz CT molecular complexity index is 439. The lowest BCUT2D eigenvalue weighted by molar-refractivity contribution is -0.129. The van der Waals surface area contributed by atoms with Crippen LogP contribution in [-0.4, -0.2) is 44.4 Å². The molecular formula is C14H19FN2O3. The third-order valence-electron chi connectivity index (χ3n) is 3.08. The Balaban J connectivity index is 1.67. The number of hydrogen-bond acceptors (Lipinski definition) is 4. The minimum Gasteiger partial charge on any atom is -0.492 e. The van der Waals surface area contributed by atoms with Gasteiger partial charge in [0.05, 0.1) is 19.3 Å². The van der Waals surface area contributed by atoms with Crippen LogP contribution < -0.4 is 15.4 Å². The quantitative estimate of drug-likeness (QED) is 0.781. The van der Waals surface area contributed by atoms with Crippen molar-refractivity contribution in [2.45, 2.75) is 19.1 Å². The minimum atomic E-state index is -0.324. The average Bonchev–Trinajstić information content (AvgIpc) is 2.46. The molecule has 1 aromatic carbocycles. The fourth-order valence-corrected chi connectivity index (χ4v) is 2.01. The van der Waals surface area contributed by atoms with Crippen molar-refractivity contribution in [1.82, 2.24) is 10.6 Å². The number of halogens is 1. The van der Waals surface area contributed by atoms with E-state index in [1.165, 1.54) is 12.1 Å². The van der Waals surface area contributed by atoms with Gasteiger partial charge in [-0.3, -0.25) is 4.79 Å². The van der Waals surface area contributed by atoms with Crippen molar-refractivity contribution >= 4 is 5.91 Å². The minimum absolute atomic E-state index is 0.0973. The molecule has 0 bridgehead atoms. The van der Waals surface area contributed by atoms with Crippen LogP contribution in [0.3, 0.4) is 0 Å². The fraction of sp³-hybridized carbons (Fsp3) is 0.500. The second kappa shape index (κ2) is 7.21. The Morgan fingerprint density at radius 2 is 2.25 bits per heavy atom. The summed E-state index contributed by atoms with van der Waals surface area (Å²) in [7, 11) is 0. The molecule has 0 unspecified atom stereocenters. The number of rotatable bonds is 5. The molecule has 1 aromatic rings. The first-order valence-electron chi connectivity index (χ1n) is 6.68. The Morgan fingerprint density at radius 3 is 2.95 bits per heavy atom. The van der Waals surface area contributed by atoms with Gasteiger partial charge in [-0.15, -0.1) is 0 Å². The molecule has 0 radical (unpaired) electrons. The second-order valence-corrected chi connectivity index (χ2v) is 4.60. The predicted octanol–water partition coefficient (Wildman–Crippen LogP) is 0.698. The van der Waals surface area contributed by atoms with Gasteiger partial charge in [0.25, 0.3) is 0 Å². The first-order chi connectivity index (χ1) is 9.66. The van der Waals surface area contributed by atoms with E-state index in [9.17, 15) is 9.18 Å². The van der Waals surface area contributed by atoms with Crippen molar-refractivity contribution in [1.29, 1.82) is 0 Å². The number of morpholine rings is 1. The van der Waals surface area contributed by atoms with Gasteiger partial charge in [-0.05, 0) is 31.2 Å². The summed E-state index contributed by atoms with van der Waals surface area (Å²) in [6.45, 7) is 3.89. The van der Waals surface area contributed by atoms with Gasteiger partial charge >= 0.3 is 0 Å². The lowest BCUT2D eigenvalue weighted by Gasteiger charge is -2.29. The van der Waals surface area contributed by atoms with Crippen LogP contribution >= 0.6 is 0 Å². The molecule has 1 aliphatic heterocycles. The zero-order valence-corrected chi connectivity index (χ0v) is 11.4. The molecule has 0 spiro atoms. The normalized spacial score (nSPS) is 22.3. The van der Waals surface area contributed by atoms with Crippen LogP contribution in [0.15, 0.2) is 24.3 Å². The second-order valence-electron chi connectivity index (χ2n) is 4.60. The predicted molar refractivity (Wildman–Crippen MR) is 72.1 cm³/mol. The van der Waals surface area contributed by atoms with Gasteiger partial charge < -0.3 is 20.1 Å². The molecule has 1 aliphatic rings. The first-order valence-corrected chi connectivity index (χ1v) is 6.68. The van der Waals surface area contributed by atoms with Crippen molar-refractivity contribution in [3.63, 3.8) is 0 Å². The van der Waals surface area contributed by atoms with E-state index >= 15 is 0 Å². The van der Waals surface area contributed by atoms with E-state index < -0.39 is 0 Å². The first kappa shape index (κ1) is 14.7. The van der Waals surface area contributed by atoms with E-state index in [1.807, 2.05) is 6.92 Å². The Labute approximate surface area is 117 Å². The van der Waals surface area contributed by atoms with Crippen molar-refractivity contribution in [2.24, 2.45) is 0 Å². The monoisotopic (exact) mass is 282 g/mol. The highest BCUT2D eigenvalue weighted by molar-refractivity contribution is 5.82. The lowest BCUT2D eigenvalue weighted by atomic mass is 10.1. The van der Waals surface area contributed by atoms with E-state index in [0.29, 0.717) is 32.1 Å². The van der Waals surface area contributed by atoms with Crippen LogP contribution in [0.5, 0.6) is 5.75 Å². The van der Waals surface area contributed by atoms with E-state index in [-0.39, 0.29) is 23.9 Å². The van der Waals surface area contributed by atoms with Crippen LogP contribution in [0, 0.1) is 5.82 Å². The molecule has 1 saturated heterocycles. The van der Waals surface area contributed by atoms with Crippen molar-refractivity contribution in [3.8, 4) is 5.75 Å². The Morgan fingerprint density at radius 1 is 1.50 bits per heavy atom. The Hall–Kier alpha value is -1.66. The molecule has 0 saturated carbocycles. The SMILES string of the molecule is C[C@H]1OCCN[C@@H]1C(=O)NCCOc1ccc(F)cc1. The summed E-state index contributed by atoms with van der Waals surface area (Å²) in [5.41, 5.74) is 0. The molecule has 1 fully saturated rings. The maximum Gasteiger partial charge on any atom is 0.239 e. The van der Waals surface area contributed by atoms with Gasteiger partial charge in [0.1, 0.15) is 24.2 Å². The van der Waals surface area contributed by atoms with Crippen LogP contribution in [-0.2, 0) is 9.53 Å². The van der Waals surface area contributed by atoms with Gasteiger partial charge in [0.15, 0.2) is 0 Å². The van der Waals surface area contributed by atoms with Gasteiger partial charge in [0, 0.05) is 6.54 Å². The number of carbonyl (C=O) groups excluding carboxylic acids is 1. The van der Waals surface area contributed by atoms with Crippen molar-refractivity contribution in [3.05, 3.63) is 30.1 Å². The zero-order chi connectivity index (χ0) is 14.4. The summed E-state index contributed by atoms with van der Waals surface area (Å²) in [5.74, 6) is 0.177. The maximum atomic E-state index is 12.7. The summed E-state index contributed by atoms with van der Waals surface area (Å²) in [4.78, 5) is 11.9. The van der Waals surface area contributed by atoms with Gasteiger partial charge in [-0.1, -0.05) is 0 Å². The molecule has 1 amide bonds. The van der Waals surface area contributed by atoms with Gasteiger partial charge in [0.2, 0.25) is 5.91 Å². The third-order valence-corrected chi connectivity index (χ3v) is 3.08. The zero-order valence-electron chi connectivity index (χ0n) is 11.4. The molecule has 20 heavy (non-hydrogen) atoms. The average molecular weight is 282 g/mol. The number of amides is 1. The molecule has 110 valence electrons.